The Morgan fingerprint density at radius 2 is 2.26 bits per heavy atom. The van der Waals surface area contributed by atoms with Gasteiger partial charge in [0.15, 0.2) is 5.82 Å². The molecule has 1 aliphatic rings. The molecule has 0 saturated carbocycles. The number of amides is 1. The van der Waals surface area contributed by atoms with Gasteiger partial charge in [-0.25, -0.2) is 4.39 Å². The summed E-state index contributed by atoms with van der Waals surface area (Å²) in [5.41, 5.74) is 5.75. The Balaban J connectivity index is 1.70. The fourth-order valence-corrected chi connectivity index (χ4v) is 2.75. The maximum Gasteiger partial charge on any atom is 0.244 e. The molecule has 122 valence electrons. The average molecular weight is 319 g/mol. The van der Waals surface area contributed by atoms with Crippen LogP contribution in [0.5, 0.6) is 0 Å². The van der Waals surface area contributed by atoms with E-state index in [2.05, 4.69) is 10.1 Å². The number of likely N-dealkylation sites (N-methyl/N-ethyl adjacent to an activating group) is 1. The standard InChI is InChI=1S/C15H18FN5O2/c1-20(9-13-18-14(8-17)23-19-13)12-6-7-21(15(12)22)11-5-3-2-4-10(11)16/h2-5,12H,6-9,17H2,1H3. The van der Waals surface area contributed by atoms with E-state index in [9.17, 15) is 9.18 Å². The van der Waals surface area contributed by atoms with Crippen LogP contribution in [0.15, 0.2) is 28.8 Å². The van der Waals surface area contributed by atoms with Crippen LogP contribution in [-0.2, 0) is 17.9 Å². The summed E-state index contributed by atoms with van der Waals surface area (Å²) in [6.45, 7) is 1.03. The smallest absolute Gasteiger partial charge is 0.244 e. The van der Waals surface area contributed by atoms with Crippen molar-refractivity contribution in [2.45, 2.75) is 25.6 Å². The summed E-state index contributed by atoms with van der Waals surface area (Å²) in [7, 11) is 1.81. The van der Waals surface area contributed by atoms with Crippen molar-refractivity contribution in [2.24, 2.45) is 5.73 Å². The molecule has 1 aromatic heterocycles. The molecule has 23 heavy (non-hydrogen) atoms. The van der Waals surface area contributed by atoms with E-state index in [0.29, 0.717) is 36.9 Å². The van der Waals surface area contributed by atoms with E-state index in [1.165, 1.54) is 11.0 Å². The Labute approximate surface area is 132 Å². The average Bonchev–Trinajstić information content (AvgIpc) is 3.14. The van der Waals surface area contributed by atoms with Gasteiger partial charge in [0, 0.05) is 6.54 Å². The van der Waals surface area contributed by atoms with Gasteiger partial charge in [-0.2, -0.15) is 4.98 Å². The second-order valence-corrected chi connectivity index (χ2v) is 5.47. The maximum atomic E-state index is 13.9. The predicted molar refractivity (Wildman–Crippen MR) is 80.8 cm³/mol. The molecular formula is C15H18FN5O2. The molecule has 1 aliphatic heterocycles. The van der Waals surface area contributed by atoms with E-state index in [4.69, 9.17) is 10.3 Å². The van der Waals surface area contributed by atoms with Crippen LogP contribution < -0.4 is 10.6 Å². The summed E-state index contributed by atoms with van der Waals surface area (Å²) >= 11 is 0. The van der Waals surface area contributed by atoms with Crippen molar-refractivity contribution in [1.29, 1.82) is 0 Å². The molecule has 1 atom stereocenters. The second-order valence-electron chi connectivity index (χ2n) is 5.47. The van der Waals surface area contributed by atoms with Crippen LogP contribution in [0.3, 0.4) is 0 Å². The van der Waals surface area contributed by atoms with E-state index in [1.54, 1.807) is 18.2 Å². The summed E-state index contributed by atoms with van der Waals surface area (Å²) in [5.74, 6) is 0.319. The van der Waals surface area contributed by atoms with Gasteiger partial charge in [0.1, 0.15) is 5.82 Å². The Kier molecular flexibility index (Phi) is 4.35. The van der Waals surface area contributed by atoms with Crippen LogP contribution in [0.1, 0.15) is 18.1 Å². The first-order valence-corrected chi connectivity index (χ1v) is 7.38. The molecule has 0 spiro atoms. The molecule has 2 N–H and O–H groups in total. The lowest BCUT2D eigenvalue weighted by molar-refractivity contribution is -0.121. The monoisotopic (exact) mass is 319 g/mol. The largest absolute Gasteiger partial charge is 0.338 e. The number of nitrogens with two attached hydrogens (primary N) is 1. The Hall–Kier alpha value is -2.32. The fraction of sp³-hybridized carbons (Fsp3) is 0.400. The van der Waals surface area contributed by atoms with Crippen LogP contribution in [0, 0.1) is 5.82 Å². The third-order valence-electron chi connectivity index (χ3n) is 3.93. The number of carbonyl (C=O) groups excluding carboxylic acids is 1. The maximum absolute atomic E-state index is 13.9. The minimum Gasteiger partial charge on any atom is -0.338 e. The molecule has 2 heterocycles. The van der Waals surface area contributed by atoms with Gasteiger partial charge in [-0.1, -0.05) is 17.3 Å². The van der Waals surface area contributed by atoms with Gasteiger partial charge in [0.2, 0.25) is 11.8 Å². The van der Waals surface area contributed by atoms with Crippen molar-refractivity contribution < 1.29 is 13.7 Å². The molecule has 0 bridgehead atoms. The van der Waals surface area contributed by atoms with Crippen LogP contribution in [0.4, 0.5) is 10.1 Å². The number of rotatable bonds is 5. The number of para-hydroxylation sites is 1. The zero-order chi connectivity index (χ0) is 16.4. The molecule has 0 radical (unpaired) electrons. The molecule has 1 unspecified atom stereocenters. The molecule has 3 rings (SSSR count). The minimum absolute atomic E-state index is 0.125. The molecule has 7 nitrogen and oxygen atoms in total. The highest BCUT2D eigenvalue weighted by atomic mass is 19.1. The van der Waals surface area contributed by atoms with E-state index in [0.717, 1.165) is 0 Å². The number of halogens is 1. The molecule has 0 aliphatic carbocycles. The fourth-order valence-electron chi connectivity index (χ4n) is 2.75. The van der Waals surface area contributed by atoms with Gasteiger partial charge < -0.3 is 15.2 Å². The van der Waals surface area contributed by atoms with Crippen molar-refractivity contribution >= 4 is 11.6 Å². The van der Waals surface area contributed by atoms with Gasteiger partial charge in [0.25, 0.3) is 0 Å². The van der Waals surface area contributed by atoms with Crippen LogP contribution in [0.2, 0.25) is 0 Å². The normalized spacial score (nSPS) is 18.2. The first-order valence-electron chi connectivity index (χ1n) is 7.38. The second kappa shape index (κ2) is 6.43. The third kappa shape index (κ3) is 3.08. The quantitative estimate of drug-likeness (QED) is 0.881. The molecule has 8 heteroatoms. The first kappa shape index (κ1) is 15.6. The highest BCUT2D eigenvalue weighted by molar-refractivity contribution is 5.99. The van der Waals surface area contributed by atoms with Gasteiger partial charge in [-0.3, -0.25) is 9.69 Å². The van der Waals surface area contributed by atoms with E-state index in [-0.39, 0.29) is 18.5 Å². The zero-order valence-electron chi connectivity index (χ0n) is 12.8. The molecule has 1 fully saturated rings. The molecule has 2 aromatic rings. The summed E-state index contributed by atoms with van der Waals surface area (Å²) in [6, 6.07) is 5.95. The molecule has 1 aromatic carbocycles. The predicted octanol–water partition coefficient (Wildman–Crippen LogP) is 0.905. The lowest BCUT2D eigenvalue weighted by atomic mass is 10.2. The summed E-state index contributed by atoms with van der Waals surface area (Å²) in [4.78, 5) is 20.0. The zero-order valence-corrected chi connectivity index (χ0v) is 12.8. The first-order chi connectivity index (χ1) is 11.1. The molecule has 1 amide bonds. The van der Waals surface area contributed by atoms with E-state index < -0.39 is 5.82 Å². The summed E-state index contributed by atoms with van der Waals surface area (Å²) in [6.07, 6.45) is 0.616. The minimum atomic E-state index is -0.394. The van der Waals surface area contributed by atoms with Crippen molar-refractivity contribution in [1.82, 2.24) is 15.0 Å². The van der Waals surface area contributed by atoms with Gasteiger partial charge in [-0.15, -0.1) is 0 Å². The lowest BCUT2D eigenvalue weighted by Crippen LogP contribution is -2.39. The topological polar surface area (TPSA) is 88.5 Å². The Morgan fingerprint density at radius 1 is 1.48 bits per heavy atom. The van der Waals surface area contributed by atoms with E-state index in [1.807, 2.05) is 11.9 Å². The third-order valence-corrected chi connectivity index (χ3v) is 3.93. The van der Waals surface area contributed by atoms with Gasteiger partial charge in [-0.05, 0) is 25.6 Å². The number of hydrogen-bond acceptors (Lipinski definition) is 6. The highest BCUT2D eigenvalue weighted by Crippen LogP contribution is 2.26. The van der Waals surface area contributed by atoms with Crippen molar-refractivity contribution in [2.75, 3.05) is 18.5 Å². The Bertz CT molecular complexity index is 705. The van der Waals surface area contributed by atoms with Crippen molar-refractivity contribution in [3.05, 3.63) is 41.8 Å². The summed E-state index contributed by atoms with van der Waals surface area (Å²) < 4.78 is 18.8. The Morgan fingerprint density at radius 3 is 2.96 bits per heavy atom. The van der Waals surface area contributed by atoms with Crippen LogP contribution >= 0.6 is 0 Å². The number of hydrogen-bond donors (Lipinski definition) is 1. The van der Waals surface area contributed by atoms with Crippen LogP contribution in [0.25, 0.3) is 0 Å². The number of aromatic nitrogens is 2. The number of anilines is 1. The SMILES string of the molecule is CN(Cc1noc(CN)n1)C1CCN(c2ccccc2F)C1=O. The molecule has 1 saturated heterocycles. The number of nitrogens with zero attached hydrogens (tertiary/aromatic N) is 4. The lowest BCUT2D eigenvalue weighted by Gasteiger charge is -2.22. The van der Waals surface area contributed by atoms with E-state index >= 15 is 0 Å². The van der Waals surface area contributed by atoms with Crippen molar-refractivity contribution in [3.8, 4) is 0 Å². The summed E-state index contributed by atoms with van der Waals surface area (Å²) in [5, 5.41) is 3.82. The number of benzene rings is 1. The van der Waals surface area contributed by atoms with Crippen molar-refractivity contribution in [3.63, 3.8) is 0 Å². The van der Waals surface area contributed by atoms with Crippen LogP contribution in [-0.4, -0.2) is 40.6 Å². The highest BCUT2D eigenvalue weighted by Gasteiger charge is 2.36. The van der Waals surface area contributed by atoms with Gasteiger partial charge >= 0.3 is 0 Å². The van der Waals surface area contributed by atoms with Gasteiger partial charge in [0.05, 0.1) is 24.8 Å². The number of carbonyl (C=O) groups is 1. The molecular weight excluding hydrogens is 301 g/mol.